The van der Waals surface area contributed by atoms with Gasteiger partial charge in [-0.15, -0.1) is 0 Å². The number of aromatic carboxylic acids is 1. The van der Waals surface area contributed by atoms with Gasteiger partial charge in [0.05, 0.1) is 12.1 Å². The number of carbonyl (C=O) groups excluding carboxylic acids is 1. The van der Waals surface area contributed by atoms with Crippen LogP contribution < -0.4 is 5.32 Å². The van der Waals surface area contributed by atoms with Gasteiger partial charge in [0.2, 0.25) is 0 Å². The van der Waals surface area contributed by atoms with Crippen molar-refractivity contribution < 1.29 is 19.4 Å². The maximum absolute atomic E-state index is 11.4. The molecule has 0 radical (unpaired) electrons. The van der Waals surface area contributed by atoms with Gasteiger partial charge in [0.1, 0.15) is 5.60 Å². The number of alkyl carbamates (subject to hydrolysis) is 1. The number of carboxylic acids is 1. The van der Waals surface area contributed by atoms with E-state index in [-0.39, 0.29) is 12.1 Å². The summed E-state index contributed by atoms with van der Waals surface area (Å²) >= 11 is 0. The Kier molecular flexibility index (Phi) is 5.37. The summed E-state index contributed by atoms with van der Waals surface area (Å²) in [6.45, 7) is 7.25. The van der Waals surface area contributed by atoms with E-state index < -0.39 is 17.7 Å². The summed E-state index contributed by atoms with van der Waals surface area (Å²) in [6, 6.07) is 4.93. The highest BCUT2D eigenvalue weighted by Gasteiger charge is 2.15. The number of benzene rings is 1. The van der Waals surface area contributed by atoms with Gasteiger partial charge in [0.15, 0.2) is 0 Å². The van der Waals surface area contributed by atoms with E-state index in [0.717, 1.165) is 5.56 Å². The molecule has 0 aliphatic carbocycles. The highest BCUT2D eigenvalue weighted by Crippen LogP contribution is 2.10. The van der Waals surface area contributed by atoms with E-state index in [1.807, 2.05) is 6.92 Å². The second-order valence-electron chi connectivity index (χ2n) is 5.51. The number of hydrogen-bond acceptors (Lipinski definition) is 3. The van der Waals surface area contributed by atoms with Crippen LogP contribution in [0.1, 0.15) is 42.3 Å². The van der Waals surface area contributed by atoms with Crippen LogP contribution >= 0.6 is 0 Å². The molecule has 0 saturated carbocycles. The Labute approximate surface area is 124 Å². The van der Waals surface area contributed by atoms with Crippen molar-refractivity contribution in [2.75, 3.05) is 6.54 Å². The monoisotopic (exact) mass is 289 g/mol. The van der Waals surface area contributed by atoms with Gasteiger partial charge in [-0.3, -0.25) is 0 Å². The van der Waals surface area contributed by atoms with Crippen LogP contribution in [0.15, 0.2) is 18.2 Å². The fourth-order valence-corrected chi connectivity index (χ4v) is 1.52. The van der Waals surface area contributed by atoms with E-state index in [9.17, 15) is 9.59 Å². The zero-order chi connectivity index (χ0) is 16.0. The number of nitrogens with one attached hydrogen (secondary N) is 1. The minimum Gasteiger partial charge on any atom is -0.478 e. The summed E-state index contributed by atoms with van der Waals surface area (Å²) < 4.78 is 5.06. The topological polar surface area (TPSA) is 75.6 Å². The van der Waals surface area contributed by atoms with Crippen molar-refractivity contribution in [2.24, 2.45) is 0 Å². The number of hydrogen-bond donors (Lipinski definition) is 2. The lowest BCUT2D eigenvalue weighted by Crippen LogP contribution is -2.32. The zero-order valence-corrected chi connectivity index (χ0v) is 12.6. The van der Waals surface area contributed by atoms with Gasteiger partial charge in [0, 0.05) is 5.56 Å². The molecule has 0 saturated heterocycles. The average molecular weight is 289 g/mol. The third-order valence-corrected chi connectivity index (χ3v) is 2.35. The van der Waals surface area contributed by atoms with Gasteiger partial charge >= 0.3 is 12.1 Å². The molecule has 5 nitrogen and oxygen atoms in total. The average Bonchev–Trinajstić information content (AvgIpc) is 2.32. The van der Waals surface area contributed by atoms with Crippen LogP contribution in [0.2, 0.25) is 0 Å². The summed E-state index contributed by atoms with van der Waals surface area (Å²) in [4.78, 5) is 22.5. The predicted molar refractivity (Wildman–Crippen MR) is 79.3 cm³/mol. The maximum Gasteiger partial charge on any atom is 0.408 e. The standard InChI is InChI=1S/C16H19NO4/c1-11-7-8-13(14(18)19)12(10-11)6-5-9-17-15(20)21-16(2,3)4/h7-8,10H,9H2,1-4H3,(H,17,20)(H,18,19). The van der Waals surface area contributed by atoms with Gasteiger partial charge in [0.25, 0.3) is 0 Å². The van der Waals surface area contributed by atoms with Crippen molar-refractivity contribution in [1.29, 1.82) is 0 Å². The van der Waals surface area contributed by atoms with Crippen LogP contribution in [0, 0.1) is 18.8 Å². The molecule has 1 aromatic rings. The SMILES string of the molecule is Cc1ccc(C(=O)O)c(C#CCNC(=O)OC(C)(C)C)c1. The maximum atomic E-state index is 11.4. The molecule has 0 atom stereocenters. The smallest absolute Gasteiger partial charge is 0.408 e. The first-order chi connectivity index (χ1) is 9.69. The number of carboxylic acid groups (broad SMARTS) is 1. The van der Waals surface area contributed by atoms with E-state index in [1.165, 1.54) is 6.07 Å². The van der Waals surface area contributed by atoms with Gasteiger partial charge in [-0.1, -0.05) is 17.9 Å². The quantitative estimate of drug-likeness (QED) is 0.820. The minimum absolute atomic E-state index is 0.0852. The van der Waals surface area contributed by atoms with Crippen molar-refractivity contribution in [1.82, 2.24) is 5.32 Å². The fourth-order valence-electron chi connectivity index (χ4n) is 1.52. The summed E-state index contributed by atoms with van der Waals surface area (Å²) in [7, 11) is 0. The summed E-state index contributed by atoms with van der Waals surface area (Å²) in [5.74, 6) is 4.44. The molecule has 1 amide bonds. The summed E-state index contributed by atoms with van der Waals surface area (Å²) in [6.07, 6.45) is -0.556. The third-order valence-electron chi connectivity index (χ3n) is 2.35. The molecule has 0 aromatic heterocycles. The summed E-state index contributed by atoms with van der Waals surface area (Å²) in [5, 5.41) is 11.6. The molecule has 1 aromatic carbocycles. The highest BCUT2D eigenvalue weighted by atomic mass is 16.6. The van der Waals surface area contributed by atoms with Crippen LogP contribution in [-0.4, -0.2) is 29.3 Å². The van der Waals surface area contributed by atoms with E-state index >= 15 is 0 Å². The van der Waals surface area contributed by atoms with Gasteiger partial charge in [-0.2, -0.15) is 0 Å². The lowest BCUT2D eigenvalue weighted by molar-refractivity contribution is 0.0534. The Balaban J connectivity index is 2.69. The van der Waals surface area contributed by atoms with Crippen molar-refractivity contribution in [2.45, 2.75) is 33.3 Å². The molecular weight excluding hydrogens is 270 g/mol. The molecule has 0 spiro atoms. The highest BCUT2D eigenvalue weighted by molar-refractivity contribution is 5.90. The molecular formula is C16H19NO4. The molecule has 0 bridgehead atoms. The van der Waals surface area contributed by atoms with Gasteiger partial charge < -0.3 is 15.2 Å². The molecule has 0 fully saturated rings. The molecule has 0 aliphatic rings. The lowest BCUT2D eigenvalue weighted by Gasteiger charge is -2.19. The third kappa shape index (κ3) is 6.00. The number of amides is 1. The number of carbonyl (C=O) groups is 2. The predicted octanol–water partition coefficient (Wildman–Crippen LogP) is 2.57. The van der Waals surface area contributed by atoms with Crippen molar-refractivity contribution in [3.05, 3.63) is 34.9 Å². The van der Waals surface area contributed by atoms with E-state index in [2.05, 4.69) is 17.2 Å². The first-order valence-corrected chi connectivity index (χ1v) is 6.49. The van der Waals surface area contributed by atoms with E-state index in [0.29, 0.717) is 5.56 Å². The Morgan fingerprint density at radius 3 is 2.57 bits per heavy atom. The minimum atomic E-state index is -1.03. The normalized spacial score (nSPS) is 10.3. The molecule has 2 N–H and O–H groups in total. The summed E-state index contributed by atoms with van der Waals surface area (Å²) in [5.41, 5.74) is 0.924. The number of ether oxygens (including phenoxy) is 1. The number of aryl methyl sites for hydroxylation is 1. The fraction of sp³-hybridized carbons (Fsp3) is 0.375. The molecule has 0 aliphatic heterocycles. The van der Waals surface area contributed by atoms with Crippen LogP contribution in [0.25, 0.3) is 0 Å². The van der Waals surface area contributed by atoms with Crippen LogP contribution in [0.5, 0.6) is 0 Å². The van der Waals surface area contributed by atoms with Crippen LogP contribution in [0.4, 0.5) is 4.79 Å². The molecule has 21 heavy (non-hydrogen) atoms. The zero-order valence-electron chi connectivity index (χ0n) is 12.6. The van der Waals surface area contributed by atoms with Crippen molar-refractivity contribution >= 4 is 12.1 Å². The first-order valence-electron chi connectivity index (χ1n) is 6.49. The molecule has 0 unspecified atom stereocenters. The molecule has 1 rings (SSSR count). The Morgan fingerprint density at radius 1 is 1.33 bits per heavy atom. The number of rotatable bonds is 2. The Bertz CT molecular complexity index is 603. The molecule has 0 heterocycles. The van der Waals surface area contributed by atoms with Gasteiger partial charge in [-0.05, 0) is 45.4 Å². The largest absolute Gasteiger partial charge is 0.478 e. The van der Waals surface area contributed by atoms with E-state index in [4.69, 9.17) is 9.84 Å². The van der Waals surface area contributed by atoms with Crippen molar-refractivity contribution in [3.8, 4) is 11.8 Å². The van der Waals surface area contributed by atoms with Crippen LogP contribution in [-0.2, 0) is 4.74 Å². The Morgan fingerprint density at radius 2 is 2.00 bits per heavy atom. The first kappa shape index (κ1) is 16.6. The Hall–Kier alpha value is -2.48. The molecule has 5 heteroatoms. The van der Waals surface area contributed by atoms with Crippen LogP contribution in [0.3, 0.4) is 0 Å². The van der Waals surface area contributed by atoms with E-state index in [1.54, 1.807) is 32.9 Å². The second kappa shape index (κ2) is 6.80. The lowest BCUT2D eigenvalue weighted by atomic mass is 10.1. The second-order valence-corrected chi connectivity index (χ2v) is 5.51. The molecule has 112 valence electrons. The van der Waals surface area contributed by atoms with Crippen molar-refractivity contribution in [3.63, 3.8) is 0 Å². The van der Waals surface area contributed by atoms with Gasteiger partial charge in [-0.25, -0.2) is 9.59 Å².